The van der Waals surface area contributed by atoms with Crippen LogP contribution in [0.4, 0.5) is 4.79 Å². The van der Waals surface area contributed by atoms with E-state index in [2.05, 4.69) is 5.32 Å². The van der Waals surface area contributed by atoms with Crippen LogP contribution in [0.2, 0.25) is 0 Å². The van der Waals surface area contributed by atoms with Crippen LogP contribution >= 0.6 is 0 Å². The van der Waals surface area contributed by atoms with E-state index in [4.69, 9.17) is 9.47 Å². The molecule has 1 aromatic rings. The van der Waals surface area contributed by atoms with Gasteiger partial charge in [-0.25, -0.2) is 9.59 Å². The van der Waals surface area contributed by atoms with Crippen LogP contribution in [0.3, 0.4) is 0 Å². The molecule has 0 spiro atoms. The van der Waals surface area contributed by atoms with E-state index < -0.39 is 35.6 Å². The Balaban J connectivity index is 2.10. The first kappa shape index (κ1) is 17.0. The molecule has 0 unspecified atom stereocenters. The summed E-state index contributed by atoms with van der Waals surface area (Å²) in [4.78, 5) is 34.8. The van der Waals surface area contributed by atoms with Crippen LogP contribution in [0.25, 0.3) is 0 Å². The van der Waals surface area contributed by atoms with E-state index in [0.717, 1.165) is 5.56 Å². The smallest absolute Gasteiger partial charge is 0.408 e. The summed E-state index contributed by atoms with van der Waals surface area (Å²) in [5.74, 6) is -1.42. The molecule has 2 rings (SSSR count). The molecule has 0 saturated carbocycles. The number of ether oxygens (including phenoxy) is 2. The molecule has 0 radical (unpaired) electrons. The molecule has 23 heavy (non-hydrogen) atoms. The largest absolute Gasteiger partial charge is 0.454 e. The second kappa shape index (κ2) is 6.81. The number of ketones is 1. The molecule has 1 aliphatic heterocycles. The number of rotatable bonds is 4. The van der Waals surface area contributed by atoms with Crippen LogP contribution in [0.15, 0.2) is 30.3 Å². The Morgan fingerprint density at radius 2 is 1.96 bits per heavy atom. The van der Waals surface area contributed by atoms with Crippen molar-refractivity contribution in [2.24, 2.45) is 0 Å². The SMILES string of the molecule is CC(C)(C)OC(=O)N[C@H](Cc1ccccc1)[C@H]1CC(=O)C(=O)O1. The Bertz CT molecular complexity index is 575. The maximum absolute atomic E-state index is 12.0. The minimum Gasteiger partial charge on any atom is -0.454 e. The summed E-state index contributed by atoms with van der Waals surface area (Å²) in [6.45, 7) is 5.29. The molecule has 2 atom stereocenters. The minimum absolute atomic E-state index is 0.0356. The van der Waals surface area contributed by atoms with Crippen molar-refractivity contribution >= 4 is 17.8 Å². The summed E-state index contributed by atoms with van der Waals surface area (Å²) in [5, 5.41) is 2.71. The van der Waals surface area contributed by atoms with Crippen molar-refractivity contribution < 1.29 is 23.9 Å². The average molecular weight is 319 g/mol. The van der Waals surface area contributed by atoms with Gasteiger partial charge in [-0.15, -0.1) is 0 Å². The van der Waals surface area contributed by atoms with E-state index in [-0.39, 0.29) is 6.42 Å². The second-order valence-corrected chi connectivity index (χ2v) is 6.51. The number of carbonyl (C=O) groups is 3. The number of amides is 1. The summed E-state index contributed by atoms with van der Waals surface area (Å²) < 4.78 is 10.3. The highest BCUT2D eigenvalue weighted by molar-refractivity contribution is 6.35. The fraction of sp³-hybridized carbons (Fsp3) is 0.471. The lowest BCUT2D eigenvalue weighted by Gasteiger charge is -2.26. The molecule has 6 heteroatoms. The Labute approximate surface area is 135 Å². The molecule has 1 fully saturated rings. The first-order valence-corrected chi connectivity index (χ1v) is 7.52. The van der Waals surface area contributed by atoms with Gasteiger partial charge in [-0.05, 0) is 32.8 Å². The fourth-order valence-corrected chi connectivity index (χ4v) is 2.34. The van der Waals surface area contributed by atoms with E-state index in [1.165, 1.54) is 0 Å². The third-order valence-electron chi connectivity index (χ3n) is 3.32. The maximum Gasteiger partial charge on any atom is 0.408 e. The summed E-state index contributed by atoms with van der Waals surface area (Å²) in [6.07, 6.45) is -0.881. The number of Topliss-reactive ketones (excluding diaryl/α,β-unsaturated/α-hetero) is 1. The Morgan fingerprint density at radius 1 is 1.30 bits per heavy atom. The van der Waals surface area contributed by atoms with Gasteiger partial charge in [0, 0.05) is 0 Å². The molecular formula is C17H21NO5. The third-order valence-corrected chi connectivity index (χ3v) is 3.32. The summed E-state index contributed by atoms with van der Waals surface area (Å²) in [7, 11) is 0. The zero-order valence-corrected chi connectivity index (χ0v) is 13.5. The monoisotopic (exact) mass is 319 g/mol. The number of nitrogens with one attached hydrogen (secondary N) is 1. The predicted octanol–water partition coefficient (Wildman–Crippen LogP) is 2.01. The summed E-state index contributed by atoms with van der Waals surface area (Å²) in [6, 6.07) is 8.93. The van der Waals surface area contributed by atoms with Crippen LogP contribution in [0, 0.1) is 0 Å². The molecular weight excluding hydrogens is 298 g/mol. The molecule has 1 aromatic carbocycles. The van der Waals surface area contributed by atoms with Crippen LogP contribution in [0.5, 0.6) is 0 Å². The van der Waals surface area contributed by atoms with E-state index >= 15 is 0 Å². The van der Waals surface area contributed by atoms with Crippen molar-refractivity contribution in [1.82, 2.24) is 5.32 Å². The fourth-order valence-electron chi connectivity index (χ4n) is 2.34. The molecule has 1 amide bonds. The first-order chi connectivity index (χ1) is 10.7. The molecule has 0 aliphatic carbocycles. The van der Waals surface area contributed by atoms with E-state index in [1.54, 1.807) is 20.8 Å². The van der Waals surface area contributed by atoms with Crippen molar-refractivity contribution in [3.63, 3.8) is 0 Å². The highest BCUT2D eigenvalue weighted by Gasteiger charge is 2.38. The topological polar surface area (TPSA) is 81.7 Å². The van der Waals surface area contributed by atoms with Crippen molar-refractivity contribution in [2.75, 3.05) is 0 Å². The van der Waals surface area contributed by atoms with E-state index in [0.29, 0.717) is 6.42 Å². The summed E-state index contributed by atoms with van der Waals surface area (Å²) >= 11 is 0. The van der Waals surface area contributed by atoms with Crippen LogP contribution in [0.1, 0.15) is 32.8 Å². The Hall–Kier alpha value is -2.37. The van der Waals surface area contributed by atoms with Gasteiger partial charge >= 0.3 is 12.1 Å². The van der Waals surface area contributed by atoms with Gasteiger partial charge in [-0.2, -0.15) is 0 Å². The minimum atomic E-state index is -0.848. The van der Waals surface area contributed by atoms with Crippen LogP contribution in [-0.4, -0.2) is 35.6 Å². The van der Waals surface area contributed by atoms with Gasteiger partial charge in [-0.1, -0.05) is 30.3 Å². The van der Waals surface area contributed by atoms with Gasteiger partial charge in [0.15, 0.2) is 0 Å². The number of carbonyl (C=O) groups excluding carboxylic acids is 3. The molecule has 1 aliphatic rings. The van der Waals surface area contributed by atoms with Crippen molar-refractivity contribution in [3.05, 3.63) is 35.9 Å². The predicted molar refractivity (Wildman–Crippen MR) is 82.8 cm³/mol. The molecule has 1 N–H and O–H groups in total. The number of cyclic esters (lactones) is 1. The van der Waals surface area contributed by atoms with Gasteiger partial charge in [0.2, 0.25) is 5.78 Å². The molecule has 0 bridgehead atoms. The number of esters is 1. The lowest BCUT2D eigenvalue weighted by Crippen LogP contribution is -2.46. The molecule has 124 valence electrons. The molecule has 0 aromatic heterocycles. The van der Waals surface area contributed by atoms with Gasteiger partial charge in [0.05, 0.1) is 12.5 Å². The number of alkyl carbamates (subject to hydrolysis) is 1. The van der Waals surface area contributed by atoms with Crippen LogP contribution < -0.4 is 5.32 Å². The number of hydrogen-bond acceptors (Lipinski definition) is 5. The Kier molecular flexibility index (Phi) is 5.03. The van der Waals surface area contributed by atoms with Crippen molar-refractivity contribution in [2.45, 2.75) is 51.4 Å². The highest BCUT2D eigenvalue weighted by Crippen LogP contribution is 2.18. The second-order valence-electron chi connectivity index (χ2n) is 6.51. The van der Waals surface area contributed by atoms with Gasteiger partial charge in [-0.3, -0.25) is 4.79 Å². The van der Waals surface area contributed by atoms with Crippen LogP contribution in [-0.2, 0) is 25.5 Å². The van der Waals surface area contributed by atoms with E-state index in [1.807, 2.05) is 30.3 Å². The van der Waals surface area contributed by atoms with Gasteiger partial charge in [0.1, 0.15) is 11.7 Å². The maximum atomic E-state index is 12.0. The number of benzene rings is 1. The zero-order valence-electron chi connectivity index (χ0n) is 13.5. The third kappa shape index (κ3) is 5.09. The summed E-state index contributed by atoms with van der Waals surface area (Å²) in [5.41, 5.74) is 0.327. The standard InChI is InChI=1S/C17H21NO5/c1-17(2,3)23-16(21)18-12(9-11-7-5-4-6-8-11)14-10-13(19)15(20)22-14/h4-8,12,14H,9-10H2,1-3H3,(H,18,21)/t12-,14-/m1/s1. The highest BCUT2D eigenvalue weighted by atomic mass is 16.6. The van der Waals surface area contributed by atoms with Gasteiger partial charge < -0.3 is 14.8 Å². The van der Waals surface area contributed by atoms with Gasteiger partial charge in [0.25, 0.3) is 0 Å². The quantitative estimate of drug-likeness (QED) is 0.678. The first-order valence-electron chi connectivity index (χ1n) is 7.52. The molecule has 1 heterocycles. The normalized spacial score (nSPS) is 19.2. The molecule has 1 saturated heterocycles. The molecule has 6 nitrogen and oxygen atoms in total. The van der Waals surface area contributed by atoms with E-state index in [9.17, 15) is 14.4 Å². The van der Waals surface area contributed by atoms with Crippen molar-refractivity contribution in [1.29, 1.82) is 0 Å². The number of hydrogen-bond donors (Lipinski definition) is 1. The van der Waals surface area contributed by atoms with Crippen molar-refractivity contribution in [3.8, 4) is 0 Å². The lowest BCUT2D eigenvalue weighted by atomic mass is 9.99. The average Bonchev–Trinajstić information content (AvgIpc) is 2.77. The Morgan fingerprint density at radius 3 is 2.48 bits per heavy atom. The zero-order chi connectivity index (χ0) is 17.0. The lowest BCUT2D eigenvalue weighted by molar-refractivity contribution is -0.149.